The third kappa shape index (κ3) is 11.8. The fraction of sp³-hybridized carbons (Fsp3) is 1.00. The van der Waals surface area contributed by atoms with Gasteiger partial charge >= 0.3 is 0 Å². The molecular weight excluding hydrogens is 186 g/mol. The van der Waals surface area contributed by atoms with Crippen LogP contribution in [0.15, 0.2) is 0 Å². The van der Waals surface area contributed by atoms with E-state index in [2.05, 4.69) is 46.9 Å². The van der Waals surface area contributed by atoms with Crippen molar-refractivity contribution in [2.24, 2.45) is 5.92 Å². The van der Waals surface area contributed by atoms with E-state index in [-0.39, 0.29) is 5.54 Å². The van der Waals surface area contributed by atoms with Crippen molar-refractivity contribution in [3.63, 3.8) is 0 Å². The summed E-state index contributed by atoms with van der Waals surface area (Å²) >= 11 is 0. The molecule has 1 unspecified atom stereocenters. The fourth-order valence-electron chi connectivity index (χ4n) is 1.29. The van der Waals surface area contributed by atoms with E-state index in [1.807, 2.05) is 0 Å². The molecule has 15 heavy (non-hydrogen) atoms. The Kier molecular flexibility index (Phi) is 7.20. The Balaban J connectivity index is 3.35. The van der Waals surface area contributed by atoms with Gasteiger partial charge in [0.15, 0.2) is 0 Å². The Morgan fingerprint density at radius 1 is 1.13 bits per heavy atom. The molecule has 1 atom stereocenters. The zero-order valence-electron chi connectivity index (χ0n) is 11.4. The van der Waals surface area contributed by atoms with E-state index in [0.29, 0.717) is 12.0 Å². The second kappa shape index (κ2) is 7.24. The van der Waals surface area contributed by atoms with Gasteiger partial charge in [-0.3, -0.25) is 0 Å². The van der Waals surface area contributed by atoms with Crippen molar-refractivity contribution in [1.82, 2.24) is 5.32 Å². The van der Waals surface area contributed by atoms with E-state index in [9.17, 15) is 0 Å². The third-order valence-electron chi connectivity index (χ3n) is 2.16. The first-order valence-electron chi connectivity index (χ1n) is 6.18. The van der Waals surface area contributed by atoms with Gasteiger partial charge < -0.3 is 10.1 Å². The van der Waals surface area contributed by atoms with Crippen LogP contribution in [0.25, 0.3) is 0 Å². The number of hydrogen-bond acceptors (Lipinski definition) is 2. The standard InChI is InChI=1S/C13H29NO/c1-11(2)10-15-12(3)8-7-9-14-13(4,5)6/h11-12,14H,7-10H2,1-6H3. The van der Waals surface area contributed by atoms with Crippen LogP contribution in [0.1, 0.15) is 54.4 Å². The minimum atomic E-state index is 0.238. The van der Waals surface area contributed by atoms with Gasteiger partial charge in [0.05, 0.1) is 6.10 Å². The Morgan fingerprint density at radius 3 is 2.20 bits per heavy atom. The van der Waals surface area contributed by atoms with E-state index in [4.69, 9.17) is 4.74 Å². The summed E-state index contributed by atoms with van der Waals surface area (Å²) in [5.74, 6) is 0.639. The molecule has 2 heteroatoms. The van der Waals surface area contributed by atoms with Crippen LogP contribution in [0, 0.1) is 5.92 Å². The zero-order chi connectivity index (χ0) is 11.9. The van der Waals surface area contributed by atoms with E-state index in [0.717, 1.165) is 19.6 Å². The van der Waals surface area contributed by atoms with Crippen LogP contribution in [0.5, 0.6) is 0 Å². The first kappa shape index (κ1) is 14.9. The number of ether oxygens (including phenoxy) is 1. The number of rotatable bonds is 7. The van der Waals surface area contributed by atoms with Crippen molar-refractivity contribution >= 4 is 0 Å². The number of nitrogens with one attached hydrogen (secondary N) is 1. The summed E-state index contributed by atoms with van der Waals surface area (Å²) < 4.78 is 5.71. The van der Waals surface area contributed by atoms with E-state index in [1.54, 1.807) is 0 Å². The first-order chi connectivity index (χ1) is 6.81. The first-order valence-corrected chi connectivity index (χ1v) is 6.18. The van der Waals surface area contributed by atoms with Crippen molar-refractivity contribution in [2.75, 3.05) is 13.2 Å². The summed E-state index contributed by atoms with van der Waals surface area (Å²) in [6.45, 7) is 15.1. The van der Waals surface area contributed by atoms with Gasteiger partial charge in [-0.2, -0.15) is 0 Å². The van der Waals surface area contributed by atoms with E-state index >= 15 is 0 Å². The molecule has 1 N–H and O–H groups in total. The van der Waals surface area contributed by atoms with Crippen LogP contribution in [0.2, 0.25) is 0 Å². The highest BCUT2D eigenvalue weighted by Gasteiger charge is 2.08. The van der Waals surface area contributed by atoms with E-state index in [1.165, 1.54) is 6.42 Å². The molecule has 0 aromatic rings. The minimum Gasteiger partial charge on any atom is -0.378 e. The molecule has 2 nitrogen and oxygen atoms in total. The second-order valence-corrected chi connectivity index (χ2v) is 5.86. The van der Waals surface area contributed by atoms with Gasteiger partial charge in [0.25, 0.3) is 0 Å². The van der Waals surface area contributed by atoms with E-state index < -0.39 is 0 Å². The average molecular weight is 215 g/mol. The van der Waals surface area contributed by atoms with Crippen molar-refractivity contribution < 1.29 is 4.74 Å². The van der Waals surface area contributed by atoms with Crippen molar-refractivity contribution in [3.8, 4) is 0 Å². The Morgan fingerprint density at radius 2 is 1.73 bits per heavy atom. The fourth-order valence-corrected chi connectivity index (χ4v) is 1.29. The van der Waals surface area contributed by atoms with Crippen LogP contribution in [0.3, 0.4) is 0 Å². The van der Waals surface area contributed by atoms with Gasteiger partial charge in [0.1, 0.15) is 0 Å². The van der Waals surface area contributed by atoms with Crippen molar-refractivity contribution in [2.45, 2.75) is 66.0 Å². The van der Waals surface area contributed by atoms with Gasteiger partial charge in [-0.1, -0.05) is 13.8 Å². The van der Waals surface area contributed by atoms with Crippen LogP contribution in [-0.2, 0) is 4.74 Å². The zero-order valence-corrected chi connectivity index (χ0v) is 11.4. The smallest absolute Gasteiger partial charge is 0.0547 e. The summed E-state index contributed by atoms with van der Waals surface area (Å²) in [6, 6.07) is 0. The maximum absolute atomic E-state index is 5.71. The monoisotopic (exact) mass is 215 g/mol. The molecule has 0 aliphatic heterocycles. The predicted molar refractivity (Wildman–Crippen MR) is 67.2 cm³/mol. The molecule has 0 radical (unpaired) electrons. The van der Waals surface area contributed by atoms with Crippen molar-refractivity contribution in [1.29, 1.82) is 0 Å². The molecule has 92 valence electrons. The second-order valence-electron chi connectivity index (χ2n) is 5.86. The van der Waals surface area contributed by atoms with Gasteiger partial charge in [-0.15, -0.1) is 0 Å². The lowest BCUT2D eigenvalue weighted by atomic mass is 10.1. The lowest BCUT2D eigenvalue weighted by molar-refractivity contribution is 0.0411. The van der Waals surface area contributed by atoms with Gasteiger partial charge in [-0.05, 0) is 53.0 Å². The lowest BCUT2D eigenvalue weighted by Gasteiger charge is -2.21. The summed E-state index contributed by atoms with van der Waals surface area (Å²) in [7, 11) is 0. The Hall–Kier alpha value is -0.0800. The molecule has 0 aromatic carbocycles. The maximum atomic E-state index is 5.71. The highest BCUT2D eigenvalue weighted by atomic mass is 16.5. The molecule has 0 saturated heterocycles. The van der Waals surface area contributed by atoms with Gasteiger partial charge in [0, 0.05) is 12.1 Å². The SMILES string of the molecule is CC(C)COC(C)CCCNC(C)(C)C. The molecule has 0 amide bonds. The summed E-state index contributed by atoms with van der Waals surface area (Å²) in [5, 5.41) is 3.49. The third-order valence-corrected chi connectivity index (χ3v) is 2.16. The highest BCUT2D eigenvalue weighted by molar-refractivity contribution is 4.70. The highest BCUT2D eigenvalue weighted by Crippen LogP contribution is 2.05. The molecule has 0 aromatic heterocycles. The summed E-state index contributed by atoms with van der Waals surface area (Å²) in [4.78, 5) is 0. The summed E-state index contributed by atoms with van der Waals surface area (Å²) in [6.07, 6.45) is 2.74. The molecule has 0 fully saturated rings. The lowest BCUT2D eigenvalue weighted by Crippen LogP contribution is -2.36. The molecule has 0 bridgehead atoms. The largest absolute Gasteiger partial charge is 0.378 e. The molecule has 0 aliphatic rings. The van der Waals surface area contributed by atoms with Gasteiger partial charge in [-0.25, -0.2) is 0 Å². The van der Waals surface area contributed by atoms with Crippen LogP contribution in [0.4, 0.5) is 0 Å². The topological polar surface area (TPSA) is 21.3 Å². The Bertz CT molecular complexity index is 149. The van der Waals surface area contributed by atoms with Gasteiger partial charge in [0.2, 0.25) is 0 Å². The quantitative estimate of drug-likeness (QED) is 0.658. The van der Waals surface area contributed by atoms with Crippen molar-refractivity contribution in [3.05, 3.63) is 0 Å². The molecule has 0 heterocycles. The maximum Gasteiger partial charge on any atom is 0.0547 e. The average Bonchev–Trinajstić information content (AvgIpc) is 2.07. The molecule has 0 saturated carbocycles. The van der Waals surface area contributed by atoms with Crippen LogP contribution in [-0.4, -0.2) is 24.8 Å². The van der Waals surface area contributed by atoms with Crippen LogP contribution >= 0.6 is 0 Å². The molecule has 0 rings (SSSR count). The van der Waals surface area contributed by atoms with Crippen LogP contribution < -0.4 is 5.32 Å². The normalized spacial score (nSPS) is 14.6. The Labute approximate surface area is 95.8 Å². The summed E-state index contributed by atoms with van der Waals surface area (Å²) in [5.41, 5.74) is 0.238. The molecular formula is C13H29NO. The molecule has 0 spiro atoms. The minimum absolute atomic E-state index is 0.238. The predicted octanol–water partition coefficient (Wildman–Crippen LogP) is 3.22. The molecule has 0 aliphatic carbocycles. The number of hydrogen-bond donors (Lipinski definition) is 1.